The first-order valence-electron chi connectivity index (χ1n) is 10.8. The first kappa shape index (κ1) is 22.7. The van der Waals surface area contributed by atoms with Crippen molar-refractivity contribution < 1.29 is 19.4 Å². The minimum Gasteiger partial charge on any atom is -0.507 e. The fourth-order valence-corrected chi connectivity index (χ4v) is 4.53. The lowest BCUT2D eigenvalue weighted by molar-refractivity contribution is -0.117. The van der Waals surface area contributed by atoms with Gasteiger partial charge in [-0.05, 0) is 61.6 Å². The van der Waals surface area contributed by atoms with Gasteiger partial charge in [0.2, 0.25) is 6.41 Å². The van der Waals surface area contributed by atoms with Crippen LogP contribution in [-0.4, -0.2) is 28.6 Å². The Hall–Kier alpha value is -3.02. The highest BCUT2D eigenvalue weighted by molar-refractivity contribution is 5.84. The van der Waals surface area contributed by atoms with Crippen LogP contribution in [0.15, 0.2) is 42.5 Å². The molecule has 0 spiro atoms. The van der Waals surface area contributed by atoms with Crippen LogP contribution in [0.3, 0.4) is 0 Å². The van der Waals surface area contributed by atoms with Crippen LogP contribution in [0, 0.1) is 5.41 Å². The molecule has 0 heterocycles. The van der Waals surface area contributed by atoms with E-state index in [-0.39, 0.29) is 17.3 Å². The van der Waals surface area contributed by atoms with E-state index in [1.54, 1.807) is 6.07 Å². The first-order chi connectivity index (χ1) is 14.7. The lowest BCUT2D eigenvalue weighted by atomic mass is 9.71. The second-order valence-electron chi connectivity index (χ2n) is 9.23. The third kappa shape index (κ3) is 5.57. The van der Waals surface area contributed by atoms with Gasteiger partial charge in [0.05, 0.1) is 12.1 Å². The van der Waals surface area contributed by atoms with Gasteiger partial charge in [0.25, 0.3) is 0 Å². The Morgan fingerprint density at radius 1 is 1.32 bits per heavy atom. The second-order valence-corrected chi connectivity index (χ2v) is 9.23. The highest BCUT2D eigenvalue weighted by Crippen LogP contribution is 2.48. The van der Waals surface area contributed by atoms with Gasteiger partial charge in [-0.1, -0.05) is 44.2 Å². The molecule has 2 unspecified atom stereocenters. The number of nitrogens with zero attached hydrogens (tertiary/aromatic N) is 1. The van der Waals surface area contributed by atoms with Crippen LogP contribution in [0.5, 0.6) is 11.5 Å². The average molecular weight is 425 g/mol. The van der Waals surface area contributed by atoms with Crippen LogP contribution in [0.25, 0.3) is 0 Å². The number of carbonyl (C=O) groups excluding carboxylic acids is 2. The van der Waals surface area contributed by atoms with Crippen molar-refractivity contribution in [2.45, 2.75) is 65.0 Å². The van der Waals surface area contributed by atoms with E-state index in [2.05, 4.69) is 26.0 Å². The molecule has 6 heteroatoms. The molecule has 2 aromatic carbocycles. The van der Waals surface area contributed by atoms with E-state index < -0.39 is 12.1 Å². The van der Waals surface area contributed by atoms with Gasteiger partial charge in [-0.25, -0.2) is 4.79 Å². The summed E-state index contributed by atoms with van der Waals surface area (Å²) < 4.78 is 6.10. The summed E-state index contributed by atoms with van der Waals surface area (Å²) in [6, 6.07) is 12.4. The number of aryl methyl sites for hydroxylation is 1. The number of ether oxygens (including phenoxy) is 1. The van der Waals surface area contributed by atoms with Gasteiger partial charge < -0.3 is 15.6 Å². The number of carbonyl (C=O) groups is 2. The second kappa shape index (κ2) is 9.41. The number of nitrogens with two attached hydrogens (primary N) is 1. The lowest BCUT2D eigenvalue weighted by Gasteiger charge is -2.40. The number of benzene rings is 2. The molecule has 0 bridgehead atoms. The van der Waals surface area contributed by atoms with Gasteiger partial charge in [-0.2, -0.15) is 0 Å². The van der Waals surface area contributed by atoms with Crippen LogP contribution in [-0.2, 0) is 17.6 Å². The zero-order valence-corrected chi connectivity index (χ0v) is 18.5. The number of amides is 3. The predicted molar refractivity (Wildman–Crippen MR) is 120 cm³/mol. The maximum Gasteiger partial charge on any atom is 0.321 e. The fourth-order valence-electron chi connectivity index (χ4n) is 4.53. The highest BCUT2D eigenvalue weighted by atomic mass is 16.5. The number of phenolic OH excluding ortho intramolecular Hbond substituents is 1. The molecule has 2 aromatic rings. The predicted octanol–water partition coefficient (Wildman–Crippen LogP) is 4.73. The topological polar surface area (TPSA) is 92.9 Å². The third-order valence-electron chi connectivity index (χ3n) is 5.93. The smallest absolute Gasteiger partial charge is 0.321 e. The van der Waals surface area contributed by atoms with Crippen molar-refractivity contribution >= 4 is 12.4 Å². The minimum absolute atomic E-state index is 0.00865. The molecule has 1 aliphatic carbocycles. The minimum atomic E-state index is -0.824. The van der Waals surface area contributed by atoms with Crippen LogP contribution in [0.2, 0.25) is 0 Å². The largest absolute Gasteiger partial charge is 0.507 e. The maximum atomic E-state index is 11.8. The molecule has 1 aliphatic rings. The number of aromatic hydroxyl groups is 1. The van der Waals surface area contributed by atoms with Crippen LogP contribution in [0.1, 0.15) is 62.8 Å². The lowest BCUT2D eigenvalue weighted by Crippen LogP contribution is -2.42. The number of hydrogen-bond acceptors (Lipinski definition) is 4. The van der Waals surface area contributed by atoms with Crippen molar-refractivity contribution in [1.29, 1.82) is 0 Å². The molecular formula is C25H32N2O4. The Morgan fingerprint density at radius 3 is 2.68 bits per heavy atom. The van der Waals surface area contributed by atoms with Crippen molar-refractivity contribution in [2.75, 3.05) is 0 Å². The molecule has 0 aliphatic heterocycles. The molecule has 166 valence electrons. The van der Waals surface area contributed by atoms with E-state index in [1.165, 1.54) is 5.56 Å². The molecule has 3 amide bonds. The number of primary amides is 1. The van der Waals surface area contributed by atoms with E-state index in [9.17, 15) is 14.7 Å². The summed E-state index contributed by atoms with van der Waals surface area (Å²) in [5.41, 5.74) is 8.00. The number of phenols is 1. The molecule has 3 rings (SSSR count). The van der Waals surface area contributed by atoms with Crippen molar-refractivity contribution in [3.05, 3.63) is 59.2 Å². The third-order valence-corrected chi connectivity index (χ3v) is 5.93. The van der Waals surface area contributed by atoms with Gasteiger partial charge in [0.15, 0.2) is 0 Å². The van der Waals surface area contributed by atoms with Crippen LogP contribution >= 0.6 is 0 Å². The number of rotatable bonds is 8. The summed E-state index contributed by atoms with van der Waals surface area (Å²) in [6.07, 6.45) is 4.56. The van der Waals surface area contributed by atoms with Gasteiger partial charge in [-0.15, -0.1) is 0 Å². The van der Waals surface area contributed by atoms with Crippen molar-refractivity contribution in [2.24, 2.45) is 11.1 Å². The number of imide groups is 1. The van der Waals surface area contributed by atoms with Crippen molar-refractivity contribution in [3.8, 4) is 11.5 Å². The normalized spacial score (nSPS) is 18.0. The fraction of sp³-hybridized carbons (Fsp3) is 0.440. The van der Waals surface area contributed by atoms with Crippen LogP contribution < -0.4 is 10.5 Å². The quantitative estimate of drug-likeness (QED) is 0.599. The monoisotopic (exact) mass is 424 g/mol. The molecular weight excluding hydrogens is 392 g/mol. The maximum absolute atomic E-state index is 11.8. The summed E-state index contributed by atoms with van der Waals surface area (Å²) in [6.45, 7) is 6.17. The van der Waals surface area contributed by atoms with E-state index >= 15 is 0 Å². The first-order valence-corrected chi connectivity index (χ1v) is 10.8. The summed E-state index contributed by atoms with van der Waals surface area (Å²) in [7, 11) is 0. The number of fused-ring (bicyclic) bond motifs is 1. The van der Waals surface area contributed by atoms with E-state index in [4.69, 9.17) is 10.5 Å². The Bertz CT molecular complexity index is 927. The molecule has 0 fully saturated rings. The van der Waals surface area contributed by atoms with Gasteiger partial charge in [0, 0.05) is 11.6 Å². The Morgan fingerprint density at radius 2 is 2.03 bits per heavy atom. The van der Waals surface area contributed by atoms with Gasteiger partial charge >= 0.3 is 6.03 Å². The standard InChI is InChI=1S/C25H32N2O4/c1-17(8-7-11-18-9-5-4-6-10-18)31-20-12-19-14-25(2,3)15-21(23(19)22(29)13-20)27(16-28)24(26)30/h4-6,9-10,12-13,16-17,21,29H,7-8,11,14-15H2,1-3H3,(H2,26,30). The molecule has 0 aromatic heterocycles. The summed E-state index contributed by atoms with van der Waals surface area (Å²) >= 11 is 0. The zero-order chi connectivity index (χ0) is 22.6. The summed E-state index contributed by atoms with van der Waals surface area (Å²) in [5, 5.41) is 10.8. The molecule has 31 heavy (non-hydrogen) atoms. The molecule has 6 nitrogen and oxygen atoms in total. The molecule has 0 radical (unpaired) electrons. The van der Waals surface area contributed by atoms with E-state index in [0.717, 1.165) is 29.7 Å². The highest BCUT2D eigenvalue weighted by Gasteiger charge is 2.39. The van der Waals surface area contributed by atoms with Gasteiger partial charge in [0.1, 0.15) is 11.5 Å². The Kier molecular flexibility index (Phi) is 6.88. The van der Waals surface area contributed by atoms with Gasteiger partial charge in [-0.3, -0.25) is 9.69 Å². The molecule has 0 saturated heterocycles. The average Bonchev–Trinajstić information content (AvgIpc) is 2.67. The summed E-state index contributed by atoms with van der Waals surface area (Å²) in [5.74, 6) is 0.620. The Balaban J connectivity index is 1.74. The van der Waals surface area contributed by atoms with Crippen molar-refractivity contribution in [1.82, 2.24) is 4.90 Å². The number of hydrogen-bond donors (Lipinski definition) is 2. The Labute approximate surface area is 184 Å². The SMILES string of the molecule is CC(CCCc1ccccc1)Oc1cc(O)c2c(c1)CC(C)(C)CC2N(C=O)C(N)=O. The van der Waals surface area contributed by atoms with Crippen LogP contribution in [0.4, 0.5) is 4.79 Å². The summed E-state index contributed by atoms with van der Waals surface area (Å²) in [4.78, 5) is 24.3. The number of urea groups is 1. The van der Waals surface area contributed by atoms with E-state index in [1.807, 2.05) is 31.2 Å². The molecule has 3 N–H and O–H groups in total. The van der Waals surface area contributed by atoms with E-state index in [0.29, 0.717) is 30.6 Å². The van der Waals surface area contributed by atoms with Crippen molar-refractivity contribution in [3.63, 3.8) is 0 Å². The molecule has 2 atom stereocenters. The molecule has 0 saturated carbocycles. The zero-order valence-electron chi connectivity index (χ0n) is 18.5.